The van der Waals surface area contributed by atoms with Crippen molar-refractivity contribution in [2.24, 2.45) is 15.7 Å². The number of carbonyl (C=O) groups excluding carboxylic acids is 2. The number of benzene rings is 2. The van der Waals surface area contributed by atoms with Crippen molar-refractivity contribution in [3.8, 4) is 0 Å². The van der Waals surface area contributed by atoms with Crippen molar-refractivity contribution in [3.05, 3.63) is 54.2 Å². The highest BCUT2D eigenvalue weighted by molar-refractivity contribution is 7.99. The predicted octanol–water partition coefficient (Wildman–Crippen LogP) is 1.99. The number of nitrogens with one attached hydrogen (secondary N) is 2. The normalized spacial score (nSPS) is 12.8. The number of amidine groups is 1. The molecule has 0 saturated heterocycles. The molecule has 0 aliphatic heterocycles. The molecule has 4 N–H and O–H groups in total. The summed E-state index contributed by atoms with van der Waals surface area (Å²) in [5, 5.41) is 10.6. The first-order chi connectivity index (χ1) is 15.5. The lowest BCUT2D eigenvalue weighted by Crippen LogP contribution is -2.44. The average molecular weight is 452 g/mol. The molecule has 166 valence electrons. The number of aliphatic imine (C=N–C) groups is 2. The summed E-state index contributed by atoms with van der Waals surface area (Å²) in [5.41, 5.74) is 8.64. The molecular formula is C22H25N7O2S. The quantitative estimate of drug-likeness (QED) is 0.197. The molecule has 9 nitrogen and oxygen atoms in total. The van der Waals surface area contributed by atoms with Gasteiger partial charge in [0.25, 0.3) is 5.91 Å². The van der Waals surface area contributed by atoms with E-state index in [9.17, 15) is 9.59 Å². The first-order valence-electron chi connectivity index (χ1n) is 9.87. The Bertz CT molecular complexity index is 1130. The second-order valence-corrected chi connectivity index (χ2v) is 8.22. The Morgan fingerprint density at radius 3 is 2.81 bits per heavy atom. The number of amides is 1. The zero-order valence-corrected chi connectivity index (χ0v) is 18.7. The van der Waals surface area contributed by atoms with Crippen LogP contribution in [0.4, 0.5) is 5.69 Å². The number of aromatic amines is 1. The van der Waals surface area contributed by atoms with Crippen molar-refractivity contribution in [3.63, 3.8) is 0 Å². The molecule has 10 heteroatoms. The van der Waals surface area contributed by atoms with Gasteiger partial charge in [-0.1, -0.05) is 30.3 Å². The smallest absolute Gasteiger partial charge is 0.287 e. The van der Waals surface area contributed by atoms with Crippen LogP contribution in [0.15, 0.2) is 63.5 Å². The van der Waals surface area contributed by atoms with Gasteiger partial charge in [0.05, 0.1) is 30.0 Å². The minimum absolute atomic E-state index is 0.258. The predicted molar refractivity (Wildman–Crippen MR) is 129 cm³/mol. The number of hydrogen-bond acceptors (Lipinski definition) is 6. The van der Waals surface area contributed by atoms with Crippen LogP contribution in [0.3, 0.4) is 0 Å². The zero-order chi connectivity index (χ0) is 22.9. The van der Waals surface area contributed by atoms with Gasteiger partial charge in [0.2, 0.25) is 0 Å². The van der Waals surface area contributed by atoms with Crippen molar-refractivity contribution in [2.45, 2.75) is 17.5 Å². The molecule has 0 aliphatic rings. The molecule has 2 aromatic carbocycles. The number of carbonyl (C=O) groups is 2. The van der Waals surface area contributed by atoms with Crippen LogP contribution in [0.5, 0.6) is 0 Å². The number of nitrogens with zero attached hydrogens (tertiary/aromatic N) is 4. The lowest BCUT2D eigenvalue weighted by Gasteiger charge is -2.18. The number of H-pyrrole nitrogens is 1. The minimum atomic E-state index is -0.727. The fourth-order valence-corrected chi connectivity index (χ4v) is 3.96. The molecule has 1 amide bonds. The Labute approximate surface area is 190 Å². The van der Waals surface area contributed by atoms with Crippen LogP contribution >= 0.6 is 11.8 Å². The molecule has 3 rings (SSSR count). The van der Waals surface area contributed by atoms with Gasteiger partial charge in [0.1, 0.15) is 12.6 Å². The number of aldehydes is 1. The molecular weight excluding hydrogens is 426 g/mol. The van der Waals surface area contributed by atoms with Gasteiger partial charge < -0.3 is 20.7 Å². The highest BCUT2D eigenvalue weighted by Gasteiger charge is 2.16. The Balaban J connectivity index is 1.58. The van der Waals surface area contributed by atoms with E-state index in [1.165, 1.54) is 18.1 Å². The van der Waals surface area contributed by atoms with E-state index in [2.05, 4.69) is 25.5 Å². The summed E-state index contributed by atoms with van der Waals surface area (Å²) in [6.45, 7) is 0.432. The summed E-state index contributed by atoms with van der Waals surface area (Å²) in [4.78, 5) is 34.8. The highest BCUT2D eigenvalue weighted by Crippen LogP contribution is 2.33. The maximum Gasteiger partial charge on any atom is 0.287 e. The Morgan fingerprint density at radius 2 is 2.09 bits per heavy atom. The third kappa shape index (κ3) is 6.17. The second-order valence-electron chi connectivity index (χ2n) is 7.15. The van der Waals surface area contributed by atoms with E-state index < -0.39 is 11.9 Å². The third-order valence-corrected chi connectivity index (χ3v) is 5.69. The largest absolute Gasteiger partial charge is 0.379 e. The lowest BCUT2D eigenvalue weighted by atomic mass is 10.2. The SMILES string of the molecule is CN(C)c1cc2cn[nH]c2cc1SC[C@@H](C=O)NC(=O)C(N)=NC=NCc1ccccc1. The molecule has 1 heterocycles. The van der Waals surface area contributed by atoms with E-state index in [0.717, 1.165) is 27.0 Å². The molecule has 1 aromatic heterocycles. The summed E-state index contributed by atoms with van der Waals surface area (Å²) < 4.78 is 0. The highest BCUT2D eigenvalue weighted by atomic mass is 32.2. The average Bonchev–Trinajstić information content (AvgIpc) is 3.26. The first kappa shape index (κ1) is 23.0. The van der Waals surface area contributed by atoms with Gasteiger partial charge >= 0.3 is 0 Å². The van der Waals surface area contributed by atoms with Crippen LogP contribution in [-0.4, -0.2) is 60.5 Å². The van der Waals surface area contributed by atoms with E-state index in [1.807, 2.05) is 61.5 Å². The minimum Gasteiger partial charge on any atom is -0.379 e. The van der Waals surface area contributed by atoms with Gasteiger partial charge in [0, 0.05) is 30.1 Å². The monoisotopic (exact) mass is 451 g/mol. The molecule has 32 heavy (non-hydrogen) atoms. The molecule has 0 spiro atoms. The molecule has 0 fully saturated rings. The topological polar surface area (TPSA) is 129 Å². The van der Waals surface area contributed by atoms with Gasteiger partial charge in [-0.3, -0.25) is 14.9 Å². The van der Waals surface area contributed by atoms with Crippen molar-refractivity contribution in [1.29, 1.82) is 0 Å². The maximum absolute atomic E-state index is 12.3. The molecule has 3 aromatic rings. The summed E-state index contributed by atoms with van der Waals surface area (Å²) in [5.74, 6) is -0.539. The summed E-state index contributed by atoms with van der Waals surface area (Å²) in [7, 11) is 3.89. The van der Waals surface area contributed by atoms with Crippen LogP contribution in [0.2, 0.25) is 0 Å². The van der Waals surface area contributed by atoms with Crippen LogP contribution < -0.4 is 16.0 Å². The fourth-order valence-electron chi connectivity index (χ4n) is 2.85. The molecule has 0 aliphatic carbocycles. The number of aromatic nitrogens is 2. The number of thioether (sulfide) groups is 1. The van der Waals surface area contributed by atoms with Crippen LogP contribution in [-0.2, 0) is 16.1 Å². The molecule has 1 atom stereocenters. The first-order valence-corrected chi connectivity index (χ1v) is 10.9. The number of fused-ring (bicyclic) bond motifs is 1. The molecule has 0 bridgehead atoms. The number of hydrogen-bond donors (Lipinski definition) is 3. The standard InChI is InChI=1S/C22H25N7O2S/c1-29(2)19-8-16-11-26-28-18(16)9-20(19)32-13-17(12-30)27-22(31)21(23)25-14-24-10-15-6-4-3-5-7-15/h3-9,11-12,14,17H,10,13H2,1-2H3,(H,26,28)(H,27,31)(H2,23,24,25)/t17-/m1/s1. The second kappa shape index (κ2) is 11.1. The number of rotatable bonds is 9. The van der Waals surface area contributed by atoms with E-state index >= 15 is 0 Å². The number of anilines is 1. The van der Waals surface area contributed by atoms with Crippen molar-refractivity contribution < 1.29 is 9.59 Å². The Hall–Kier alpha value is -3.66. The van der Waals surface area contributed by atoms with Crippen molar-refractivity contribution >= 4 is 52.7 Å². The molecule has 0 saturated carbocycles. The Morgan fingerprint density at radius 1 is 1.31 bits per heavy atom. The summed E-state index contributed by atoms with van der Waals surface area (Å²) in [6.07, 6.45) is 3.69. The maximum atomic E-state index is 12.3. The third-order valence-electron chi connectivity index (χ3n) is 4.53. The molecule has 0 radical (unpaired) electrons. The van der Waals surface area contributed by atoms with E-state index in [0.29, 0.717) is 18.6 Å². The summed E-state index contributed by atoms with van der Waals surface area (Å²) in [6, 6.07) is 12.9. The number of nitrogens with two attached hydrogens (primary N) is 1. The van der Waals surface area contributed by atoms with Gasteiger partial charge in [-0.05, 0) is 17.7 Å². The van der Waals surface area contributed by atoms with E-state index in [4.69, 9.17) is 5.73 Å². The Kier molecular flexibility index (Phi) is 7.98. The van der Waals surface area contributed by atoms with Crippen molar-refractivity contribution in [2.75, 3.05) is 24.7 Å². The van der Waals surface area contributed by atoms with Gasteiger partial charge in [-0.2, -0.15) is 5.10 Å². The van der Waals surface area contributed by atoms with Gasteiger partial charge in [0.15, 0.2) is 5.84 Å². The van der Waals surface area contributed by atoms with E-state index in [1.54, 1.807) is 6.20 Å². The van der Waals surface area contributed by atoms with E-state index in [-0.39, 0.29) is 5.84 Å². The van der Waals surface area contributed by atoms with Crippen LogP contribution in [0.25, 0.3) is 10.9 Å². The summed E-state index contributed by atoms with van der Waals surface area (Å²) >= 11 is 1.46. The van der Waals surface area contributed by atoms with Crippen molar-refractivity contribution in [1.82, 2.24) is 15.5 Å². The van der Waals surface area contributed by atoms with Crippen LogP contribution in [0, 0.1) is 0 Å². The fraction of sp³-hybridized carbons (Fsp3) is 0.227. The van der Waals surface area contributed by atoms with Gasteiger partial charge in [-0.15, -0.1) is 11.8 Å². The van der Waals surface area contributed by atoms with Crippen LogP contribution in [0.1, 0.15) is 5.56 Å². The van der Waals surface area contributed by atoms with Gasteiger partial charge in [-0.25, -0.2) is 4.99 Å². The lowest BCUT2D eigenvalue weighted by molar-refractivity contribution is -0.118. The molecule has 0 unspecified atom stereocenters. The zero-order valence-electron chi connectivity index (χ0n) is 17.9.